The van der Waals surface area contributed by atoms with Crippen molar-refractivity contribution in [2.75, 3.05) is 11.9 Å². The smallest absolute Gasteiger partial charge is 0.240 e. The third-order valence-corrected chi connectivity index (χ3v) is 4.95. The number of anilines is 1. The Kier molecular flexibility index (Phi) is 4.87. The van der Waals surface area contributed by atoms with Gasteiger partial charge in [-0.2, -0.15) is 0 Å². The van der Waals surface area contributed by atoms with Crippen LogP contribution in [0.25, 0.3) is 0 Å². The Morgan fingerprint density at radius 3 is 3.00 bits per heavy atom. The number of nitrogens with one attached hydrogen (secondary N) is 2. The summed E-state index contributed by atoms with van der Waals surface area (Å²) in [6, 6.07) is 4.04. The number of hydrogen-bond donors (Lipinski definition) is 2. The number of thiazole rings is 1. The number of amides is 1. The molecule has 0 fully saturated rings. The van der Waals surface area contributed by atoms with E-state index in [1.165, 1.54) is 16.2 Å². The Morgan fingerprint density at radius 2 is 2.39 bits per heavy atom. The standard InChI is InChI=1S/C11H12BrN3OS2/c1-7-10(12)18-11(14-7)15-9(16)6-13-5-8-3-2-4-17-8/h2-4,13H,5-6H2,1H3,(H,14,15,16). The summed E-state index contributed by atoms with van der Waals surface area (Å²) in [5.41, 5.74) is 0.891. The summed E-state index contributed by atoms with van der Waals surface area (Å²) in [6.07, 6.45) is 0. The predicted molar refractivity (Wildman–Crippen MR) is 79.2 cm³/mol. The highest BCUT2D eigenvalue weighted by Crippen LogP contribution is 2.27. The lowest BCUT2D eigenvalue weighted by atomic mass is 10.4. The Bertz CT molecular complexity index is 505. The fourth-order valence-corrected chi connectivity index (χ4v) is 3.24. The number of carbonyl (C=O) groups excluding carboxylic acids is 1. The summed E-state index contributed by atoms with van der Waals surface area (Å²) in [5.74, 6) is -0.0761. The number of nitrogens with zero attached hydrogens (tertiary/aromatic N) is 1. The minimum atomic E-state index is -0.0761. The SMILES string of the molecule is Cc1nc(NC(=O)CNCc2cccs2)sc1Br. The quantitative estimate of drug-likeness (QED) is 0.875. The van der Waals surface area contributed by atoms with E-state index in [0.29, 0.717) is 11.7 Å². The summed E-state index contributed by atoms with van der Waals surface area (Å²) in [7, 11) is 0. The van der Waals surface area contributed by atoms with Crippen molar-refractivity contribution in [2.24, 2.45) is 0 Å². The molecule has 0 atom stereocenters. The van der Waals surface area contributed by atoms with Crippen molar-refractivity contribution >= 4 is 49.6 Å². The van der Waals surface area contributed by atoms with Crippen molar-refractivity contribution < 1.29 is 4.79 Å². The predicted octanol–water partition coefficient (Wildman–Crippen LogP) is 3.00. The molecule has 18 heavy (non-hydrogen) atoms. The van der Waals surface area contributed by atoms with Gasteiger partial charge in [-0.25, -0.2) is 4.98 Å². The van der Waals surface area contributed by atoms with Crippen molar-refractivity contribution in [3.63, 3.8) is 0 Å². The highest BCUT2D eigenvalue weighted by molar-refractivity contribution is 9.11. The maximum absolute atomic E-state index is 11.6. The molecule has 0 bridgehead atoms. The molecule has 0 saturated carbocycles. The van der Waals surface area contributed by atoms with Gasteiger partial charge in [-0.05, 0) is 34.3 Å². The Balaban J connectivity index is 1.75. The molecule has 2 rings (SSSR count). The van der Waals surface area contributed by atoms with Gasteiger partial charge in [0.2, 0.25) is 5.91 Å². The van der Waals surface area contributed by atoms with Crippen molar-refractivity contribution in [2.45, 2.75) is 13.5 Å². The molecule has 2 heterocycles. The van der Waals surface area contributed by atoms with Crippen LogP contribution in [0.4, 0.5) is 5.13 Å². The number of aryl methyl sites for hydroxylation is 1. The van der Waals surface area contributed by atoms with Crippen LogP contribution in [0.1, 0.15) is 10.6 Å². The van der Waals surface area contributed by atoms with Gasteiger partial charge in [0.1, 0.15) is 0 Å². The average molecular weight is 346 g/mol. The molecule has 4 nitrogen and oxygen atoms in total. The zero-order valence-corrected chi connectivity index (χ0v) is 12.9. The minimum Gasteiger partial charge on any atom is -0.303 e. The van der Waals surface area contributed by atoms with Gasteiger partial charge in [0.15, 0.2) is 5.13 Å². The molecular weight excluding hydrogens is 334 g/mol. The molecule has 2 aromatic heterocycles. The van der Waals surface area contributed by atoms with Crippen LogP contribution in [0, 0.1) is 6.92 Å². The first kappa shape index (κ1) is 13.7. The van der Waals surface area contributed by atoms with E-state index in [1.54, 1.807) is 11.3 Å². The summed E-state index contributed by atoms with van der Waals surface area (Å²) >= 11 is 6.47. The zero-order chi connectivity index (χ0) is 13.0. The molecule has 2 aromatic rings. The first-order valence-electron chi connectivity index (χ1n) is 5.31. The fraction of sp³-hybridized carbons (Fsp3) is 0.273. The third-order valence-electron chi connectivity index (χ3n) is 2.15. The van der Waals surface area contributed by atoms with E-state index >= 15 is 0 Å². The second-order valence-corrected chi connectivity index (χ2v) is 6.96. The number of rotatable bonds is 5. The molecule has 0 aliphatic carbocycles. The third kappa shape index (κ3) is 3.88. The van der Waals surface area contributed by atoms with Crippen molar-refractivity contribution in [3.8, 4) is 0 Å². The topological polar surface area (TPSA) is 54.0 Å². The summed E-state index contributed by atoms with van der Waals surface area (Å²) in [4.78, 5) is 17.1. The minimum absolute atomic E-state index is 0.0761. The lowest BCUT2D eigenvalue weighted by Gasteiger charge is -2.02. The normalized spacial score (nSPS) is 10.6. The van der Waals surface area contributed by atoms with Crippen LogP contribution >= 0.6 is 38.6 Å². The molecule has 0 aliphatic rings. The second-order valence-electron chi connectivity index (χ2n) is 3.61. The first-order valence-corrected chi connectivity index (χ1v) is 7.80. The zero-order valence-electron chi connectivity index (χ0n) is 9.70. The van der Waals surface area contributed by atoms with Crippen molar-refractivity contribution in [1.82, 2.24) is 10.3 Å². The molecule has 7 heteroatoms. The van der Waals surface area contributed by atoms with E-state index in [1.807, 2.05) is 24.4 Å². The average Bonchev–Trinajstić information content (AvgIpc) is 2.90. The number of aromatic nitrogens is 1. The van der Waals surface area contributed by atoms with Crippen LogP contribution in [0.2, 0.25) is 0 Å². The largest absolute Gasteiger partial charge is 0.303 e. The van der Waals surface area contributed by atoms with E-state index in [4.69, 9.17) is 0 Å². The maximum Gasteiger partial charge on any atom is 0.240 e. The molecule has 1 amide bonds. The van der Waals surface area contributed by atoms with Crippen LogP contribution in [0.3, 0.4) is 0 Å². The maximum atomic E-state index is 11.6. The van der Waals surface area contributed by atoms with E-state index in [2.05, 4.69) is 31.5 Å². The van der Waals surface area contributed by atoms with Crippen LogP contribution in [0.5, 0.6) is 0 Å². The Labute approximate surface area is 122 Å². The molecule has 2 N–H and O–H groups in total. The van der Waals surface area contributed by atoms with Gasteiger partial charge in [-0.1, -0.05) is 17.4 Å². The molecule has 0 unspecified atom stereocenters. The first-order chi connectivity index (χ1) is 8.65. The lowest BCUT2D eigenvalue weighted by molar-refractivity contribution is -0.115. The van der Waals surface area contributed by atoms with Gasteiger partial charge >= 0.3 is 0 Å². The number of carbonyl (C=O) groups is 1. The second kappa shape index (κ2) is 6.42. The fourth-order valence-electron chi connectivity index (χ4n) is 1.31. The van der Waals surface area contributed by atoms with E-state index < -0.39 is 0 Å². The van der Waals surface area contributed by atoms with Gasteiger partial charge in [-0.15, -0.1) is 11.3 Å². The number of thiophene rings is 1. The molecule has 0 saturated heterocycles. The Morgan fingerprint density at radius 1 is 1.56 bits per heavy atom. The lowest BCUT2D eigenvalue weighted by Crippen LogP contribution is -2.27. The highest BCUT2D eigenvalue weighted by Gasteiger charge is 2.08. The van der Waals surface area contributed by atoms with Crippen LogP contribution in [0.15, 0.2) is 21.3 Å². The van der Waals surface area contributed by atoms with Gasteiger partial charge in [0.25, 0.3) is 0 Å². The van der Waals surface area contributed by atoms with E-state index in [0.717, 1.165) is 9.48 Å². The number of halogens is 1. The highest BCUT2D eigenvalue weighted by atomic mass is 79.9. The molecule has 0 spiro atoms. The van der Waals surface area contributed by atoms with Crippen LogP contribution in [-0.2, 0) is 11.3 Å². The van der Waals surface area contributed by atoms with E-state index in [9.17, 15) is 4.79 Å². The number of hydrogen-bond acceptors (Lipinski definition) is 5. The molecule has 0 aromatic carbocycles. The van der Waals surface area contributed by atoms with Crippen molar-refractivity contribution in [3.05, 3.63) is 31.9 Å². The Hall–Kier alpha value is -0.760. The molecule has 0 aliphatic heterocycles. The molecular formula is C11H12BrN3OS2. The van der Waals surface area contributed by atoms with E-state index in [-0.39, 0.29) is 12.5 Å². The molecule has 96 valence electrons. The van der Waals surface area contributed by atoms with Crippen LogP contribution < -0.4 is 10.6 Å². The van der Waals surface area contributed by atoms with Gasteiger partial charge in [-0.3, -0.25) is 4.79 Å². The summed E-state index contributed by atoms with van der Waals surface area (Å²) in [6.45, 7) is 2.89. The van der Waals surface area contributed by atoms with Gasteiger partial charge < -0.3 is 10.6 Å². The molecule has 0 radical (unpaired) electrons. The summed E-state index contributed by atoms with van der Waals surface area (Å²) in [5, 5.41) is 8.50. The van der Waals surface area contributed by atoms with Crippen molar-refractivity contribution in [1.29, 1.82) is 0 Å². The van der Waals surface area contributed by atoms with Gasteiger partial charge in [0, 0.05) is 11.4 Å². The van der Waals surface area contributed by atoms with Gasteiger partial charge in [0.05, 0.1) is 16.0 Å². The van der Waals surface area contributed by atoms with Crippen LogP contribution in [-0.4, -0.2) is 17.4 Å². The summed E-state index contributed by atoms with van der Waals surface area (Å²) < 4.78 is 0.948. The monoisotopic (exact) mass is 345 g/mol.